The summed E-state index contributed by atoms with van der Waals surface area (Å²) in [5.41, 5.74) is 0. The Hall–Kier alpha value is -4.51. The van der Waals surface area contributed by atoms with Crippen LogP contribution in [0.5, 0.6) is 0 Å². The first-order chi connectivity index (χ1) is 26.5. The number of aliphatic hydroxyl groups excluding tert-OH is 1. The van der Waals surface area contributed by atoms with Crippen LogP contribution in [0.25, 0.3) is 0 Å². The quantitative estimate of drug-likeness (QED) is 0.0384. The van der Waals surface area contributed by atoms with Gasteiger partial charge in [0.2, 0.25) is 5.91 Å². The molecule has 1 unspecified atom stereocenters. The van der Waals surface area contributed by atoms with E-state index in [0.717, 1.165) is 76.9 Å². The summed E-state index contributed by atoms with van der Waals surface area (Å²) in [6.45, 7) is 9.43. The van der Waals surface area contributed by atoms with Crippen molar-refractivity contribution in [3.63, 3.8) is 0 Å². The molecule has 0 aliphatic heterocycles. The topological polar surface area (TPSA) is 275 Å². The molecule has 20 heteroatoms. The predicted molar refractivity (Wildman–Crippen MR) is 202 cm³/mol. The van der Waals surface area contributed by atoms with E-state index in [2.05, 4.69) is 53.5 Å². The fourth-order valence-electron chi connectivity index (χ4n) is 5.32. The fourth-order valence-corrected chi connectivity index (χ4v) is 5.32. The average Bonchev–Trinajstić information content (AvgIpc) is 3.77. The summed E-state index contributed by atoms with van der Waals surface area (Å²) >= 11 is 0. The number of imidazole rings is 2. The normalized spacial score (nSPS) is 11.1. The summed E-state index contributed by atoms with van der Waals surface area (Å²) in [7, 11) is 5.03. The second kappa shape index (κ2) is 36.1. The third-order valence-electron chi connectivity index (χ3n) is 8.30. The Labute approximate surface area is 342 Å². The maximum atomic E-state index is 12.2. The van der Waals surface area contributed by atoms with E-state index in [4.69, 9.17) is 24.9 Å². The van der Waals surface area contributed by atoms with Crippen LogP contribution in [0.3, 0.4) is 0 Å². The third kappa shape index (κ3) is 27.1. The van der Waals surface area contributed by atoms with Crippen molar-refractivity contribution >= 4 is 43.4 Å². The summed E-state index contributed by atoms with van der Waals surface area (Å²) < 4.78 is 4.11. The predicted octanol–water partition coefficient (Wildman–Crippen LogP) is 2.08. The number of carbonyl (C=O) groups excluding carboxylic acids is 4. The van der Waals surface area contributed by atoms with E-state index in [-0.39, 0.29) is 39.2 Å². The Morgan fingerprint density at radius 1 is 0.679 bits per heavy atom. The number of aliphatic carboxylic acids is 3. The zero-order valence-corrected chi connectivity index (χ0v) is 35.3. The summed E-state index contributed by atoms with van der Waals surface area (Å²) in [6, 6.07) is -3.72. The number of unbranched alkanes of at least 4 members (excludes halogenated alkanes) is 8. The van der Waals surface area contributed by atoms with Gasteiger partial charge in [-0.3, -0.25) is 28.1 Å². The van der Waals surface area contributed by atoms with Gasteiger partial charge in [-0.2, -0.15) is 0 Å². The van der Waals surface area contributed by atoms with E-state index < -0.39 is 42.4 Å². The van der Waals surface area contributed by atoms with E-state index in [1.54, 1.807) is 0 Å². The van der Waals surface area contributed by atoms with Crippen LogP contribution in [0.4, 0.5) is 4.79 Å². The van der Waals surface area contributed by atoms with Gasteiger partial charge in [-0.05, 0) is 45.1 Å². The second-order valence-corrected chi connectivity index (χ2v) is 12.4. The maximum Gasteiger partial charge on any atom is 0.326 e. The number of aryl methyl sites for hydroxylation is 2. The number of hydrogen-bond donors (Lipinski definition) is 7. The number of aromatic nitrogens is 4. The standard InChI is InChI=1S/C33H54N8O8.CH4O.2CHO.Re/c1-39-21-18-34-27(39)23-41(24-28-35-19-22-40(28)2)20-12-8-6-4-3-5-7-9-14-29(42)36-17-11-10-13-25(31(45)46)37-33(49)38-26(32(47)48)15-16-30(43)44;3*1-2;/h18-19,21-22,25-26H,3-17,20,23-24H2,1-2H3,(H,36,42)(H,43,44)(H,45,46)(H,47,48)(H2,37,38,49);2H,1H3;2*1H;/q;;2*-1;/t25?,26-;;;;/m0..../s1. The maximum absolute atomic E-state index is 12.2. The average molecular weight is 967 g/mol. The van der Waals surface area contributed by atoms with Gasteiger partial charge in [0.05, 0.1) is 13.1 Å². The molecule has 3 amide bonds. The van der Waals surface area contributed by atoms with Gasteiger partial charge in [-0.15, -0.1) is 0 Å². The summed E-state index contributed by atoms with van der Waals surface area (Å²) in [5.74, 6) is -1.88. The molecule has 2 heterocycles. The molecule has 2 atom stereocenters. The first-order valence-electron chi connectivity index (χ1n) is 18.0. The number of carbonyl (C=O) groups is 5. The number of urea groups is 1. The van der Waals surface area contributed by atoms with Crippen LogP contribution >= 0.6 is 0 Å². The summed E-state index contributed by atoms with van der Waals surface area (Å²) in [5, 5.41) is 41.4. The molecule has 0 saturated heterocycles. The van der Waals surface area contributed by atoms with Crippen LogP contribution in [0.1, 0.15) is 102 Å². The van der Waals surface area contributed by atoms with E-state index >= 15 is 0 Å². The minimum Gasteiger partial charge on any atom is -0.545 e. The van der Waals surface area contributed by atoms with Crippen molar-refractivity contribution in [3.8, 4) is 0 Å². The van der Waals surface area contributed by atoms with Gasteiger partial charge in [-0.25, -0.2) is 24.4 Å². The molecule has 0 aliphatic carbocycles. The number of amides is 3. The van der Waals surface area contributed by atoms with Crippen LogP contribution in [0.15, 0.2) is 24.8 Å². The van der Waals surface area contributed by atoms with Crippen LogP contribution in [0.2, 0.25) is 0 Å². The molecule has 0 aromatic carbocycles. The van der Waals surface area contributed by atoms with Crippen molar-refractivity contribution in [1.29, 1.82) is 0 Å². The molecule has 0 aliphatic rings. The molecule has 19 nitrogen and oxygen atoms in total. The summed E-state index contributed by atoms with van der Waals surface area (Å²) in [4.78, 5) is 84.6. The zero-order chi connectivity index (χ0) is 42.0. The van der Waals surface area contributed by atoms with Crippen LogP contribution in [-0.2, 0) is 76.4 Å². The number of nitrogens with zero attached hydrogens (tertiary/aromatic N) is 5. The van der Waals surface area contributed by atoms with Gasteiger partial charge >= 0.3 is 23.9 Å². The van der Waals surface area contributed by atoms with Crippen molar-refractivity contribution in [2.24, 2.45) is 14.1 Å². The van der Waals surface area contributed by atoms with E-state index in [1.807, 2.05) is 38.9 Å². The zero-order valence-electron chi connectivity index (χ0n) is 32.6. The number of carboxylic acids is 3. The SMILES string of the molecule is CO.Cn1ccnc1CN(CCCCCCCCCCC(=O)NCCCCC(NC(=O)N[C@@H](CCC(=O)O)C(=O)O)C(=O)O)Cc1nccn1C.[CH-]=O.[CH-]=O.[Re]. The Balaban J connectivity index is -0.00000382. The molecule has 0 spiro atoms. The largest absolute Gasteiger partial charge is 0.545 e. The number of rotatable bonds is 27. The monoisotopic (exact) mass is 967 g/mol. The first-order valence-corrected chi connectivity index (χ1v) is 18.0. The molecular weight excluding hydrogens is 907 g/mol. The molecular formula is C36H60N8O11Re-2. The van der Waals surface area contributed by atoms with Gasteiger partial charge in [0.1, 0.15) is 23.7 Å². The molecule has 2 aromatic heterocycles. The van der Waals surface area contributed by atoms with Crippen molar-refractivity contribution in [2.45, 2.75) is 115 Å². The number of aliphatic hydroxyl groups is 1. The van der Waals surface area contributed by atoms with Crippen molar-refractivity contribution < 1.29 is 74.4 Å². The summed E-state index contributed by atoms with van der Waals surface area (Å²) in [6.07, 6.45) is 16.9. The van der Waals surface area contributed by atoms with Crippen molar-refractivity contribution in [3.05, 3.63) is 36.4 Å². The molecule has 2 aromatic rings. The molecule has 319 valence electrons. The van der Waals surface area contributed by atoms with Crippen LogP contribution < -0.4 is 16.0 Å². The van der Waals surface area contributed by atoms with Gasteiger partial charge in [-0.1, -0.05) is 38.5 Å². The number of carboxylic acid groups (broad SMARTS) is 3. The first kappa shape index (κ1) is 55.8. The van der Waals surface area contributed by atoms with Crippen molar-refractivity contribution in [2.75, 3.05) is 20.2 Å². The van der Waals surface area contributed by atoms with E-state index in [9.17, 15) is 29.1 Å². The third-order valence-corrected chi connectivity index (χ3v) is 8.30. The van der Waals surface area contributed by atoms with Crippen molar-refractivity contribution in [1.82, 2.24) is 40.0 Å². The van der Waals surface area contributed by atoms with Gasteiger partial charge in [0.15, 0.2) is 0 Å². The fraction of sp³-hybridized carbons (Fsp3) is 0.639. The smallest absolute Gasteiger partial charge is 0.326 e. The van der Waals surface area contributed by atoms with Gasteiger partial charge < -0.3 is 55.1 Å². The molecule has 56 heavy (non-hydrogen) atoms. The van der Waals surface area contributed by atoms with Crippen LogP contribution in [-0.4, -0.2) is 120 Å². The molecule has 0 fully saturated rings. The Morgan fingerprint density at radius 3 is 1.55 bits per heavy atom. The minimum absolute atomic E-state index is 0. The molecule has 7 N–H and O–H groups in total. The van der Waals surface area contributed by atoms with Gasteiger partial charge in [0.25, 0.3) is 0 Å². The molecule has 0 bridgehead atoms. The van der Waals surface area contributed by atoms with E-state index in [0.29, 0.717) is 25.8 Å². The Morgan fingerprint density at radius 2 is 1.12 bits per heavy atom. The second-order valence-electron chi connectivity index (χ2n) is 12.4. The molecule has 0 saturated carbocycles. The van der Waals surface area contributed by atoms with Crippen LogP contribution in [0, 0.1) is 0 Å². The molecule has 1 radical (unpaired) electrons. The minimum atomic E-state index is -1.46. The number of hydrogen-bond acceptors (Lipinski definition) is 11. The van der Waals surface area contributed by atoms with E-state index in [1.165, 1.54) is 12.8 Å². The molecule has 2 rings (SSSR count). The van der Waals surface area contributed by atoms with Gasteiger partial charge in [0, 0.05) is 85.8 Å². The Kier molecular flexibility index (Phi) is 36.0. The Bertz CT molecular complexity index is 1320. The number of nitrogens with one attached hydrogen (secondary N) is 3.